The molecule has 3 N–H and O–H groups in total. The van der Waals surface area contributed by atoms with Gasteiger partial charge < -0.3 is 29.9 Å². The SMILES string of the molecule is COc1cc(-n2ncc3c(-c4cccc(NC(=O)c5nc6c(n5C)CCN(C)C6)c4Cl)cccc32)ncc1CNC1CC(O)C1. The topological polar surface area (TPSA) is 122 Å². The molecule has 232 valence electrons. The van der Waals surface area contributed by atoms with Gasteiger partial charge in [0.15, 0.2) is 11.6 Å². The van der Waals surface area contributed by atoms with E-state index in [1.807, 2.05) is 48.0 Å². The number of amides is 1. The predicted molar refractivity (Wildman–Crippen MR) is 173 cm³/mol. The predicted octanol–water partition coefficient (Wildman–Crippen LogP) is 4.34. The normalized spacial score (nSPS) is 18.1. The fourth-order valence-corrected chi connectivity index (χ4v) is 6.52. The quantitative estimate of drug-likeness (QED) is 0.233. The molecule has 1 amide bonds. The minimum absolute atomic E-state index is 0.210. The number of nitrogens with zero attached hydrogens (tertiary/aromatic N) is 6. The first-order valence-corrected chi connectivity index (χ1v) is 15.4. The molecule has 1 saturated carbocycles. The van der Waals surface area contributed by atoms with E-state index in [4.69, 9.17) is 21.3 Å². The molecule has 2 aliphatic rings. The lowest BCUT2D eigenvalue weighted by Gasteiger charge is -2.32. The highest BCUT2D eigenvalue weighted by atomic mass is 35.5. The Bertz CT molecular complexity index is 1910. The third kappa shape index (κ3) is 5.46. The van der Waals surface area contributed by atoms with Crippen LogP contribution in [0.25, 0.3) is 27.8 Å². The van der Waals surface area contributed by atoms with Crippen molar-refractivity contribution < 1.29 is 14.6 Å². The maximum absolute atomic E-state index is 13.4. The van der Waals surface area contributed by atoms with Gasteiger partial charge in [-0.05, 0) is 37.6 Å². The number of hydrogen-bond acceptors (Lipinski definition) is 8. The van der Waals surface area contributed by atoms with Crippen LogP contribution in [0.1, 0.15) is 40.4 Å². The number of rotatable bonds is 8. The molecule has 4 heterocycles. The first-order chi connectivity index (χ1) is 21.8. The maximum Gasteiger partial charge on any atom is 0.291 e. The molecule has 1 fully saturated rings. The molecule has 1 aliphatic heterocycles. The number of methoxy groups -OCH3 is 1. The number of halogens is 1. The number of ether oxygens (including phenoxy) is 1. The smallest absolute Gasteiger partial charge is 0.291 e. The van der Waals surface area contributed by atoms with Gasteiger partial charge in [0.05, 0.1) is 41.3 Å². The van der Waals surface area contributed by atoms with Crippen LogP contribution in [-0.4, -0.2) is 73.1 Å². The van der Waals surface area contributed by atoms with Crippen LogP contribution < -0.4 is 15.4 Å². The van der Waals surface area contributed by atoms with Crippen molar-refractivity contribution in [3.63, 3.8) is 0 Å². The van der Waals surface area contributed by atoms with Crippen molar-refractivity contribution in [1.29, 1.82) is 0 Å². The second-order valence-electron chi connectivity index (χ2n) is 11.8. The van der Waals surface area contributed by atoms with Gasteiger partial charge in [-0.15, -0.1) is 0 Å². The lowest BCUT2D eigenvalue weighted by molar-refractivity contribution is 0.0618. The van der Waals surface area contributed by atoms with E-state index in [1.54, 1.807) is 30.3 Å². The van der Waals surface area contributed by atoms with Gasteiger partial charge in [0.2, 0.25) is 0 Å². The van der Waals surface area contributed by atoms with Gasteiger partial charge >= 0.3 is 0 Å². The number of carbonyl (C=O) groups is 1. The van der Waals surface area contributed by atoms with E-state index < -0.39 is 0 Å². The second-order valence-corrected chi connectivity index (χ2v) is 12.2. The van der Waals surface area contributed by atoms with Gasteiger partial charge in [-0.25, -0.2) is 14.6 Å². The Balaban J connectivity index is 1.16. The van der Waals surface area contributed by atoms with E-state index in [9.17, 15) is 9.90 Å². The van der Waals surface area contributed by atoms with Gasteiger partial charge in [-0.2, -0.15) is 5.10 Å². The molecule has 1 aliphatic carbocycles. The number of benzene rings is 2. The number of hydrogen-bond donors (Lipinski definition) is 3. The van der Waals surface area contributed by atoms with Crippen molar-refractivity contribution >= 4 is 34.1 Å². The fraction of sp³-hybridized carbons (Fsp3) is 0.333. The molecule has 0 unspecified atom stereocenters. The van der Waals surface area contributed by atoms with Crippen LogP contribution in [0.2, 0.25) is 5.02 Å². The number of pyridine rings is 1. The summed E-state index contributed by atoms with van der Waals surface area (Å²) in [7, 11) is 5.58. The summed E-state index contributed by atoms with van der Waals surface area (Å²) in [5.74, 6) is 1.40. The van der Waals surface area contributed by atoms with Crippen LogP contribution in [0.15, 0.2) is 54.9 Å². The van der Waals surface area contributed by atoms with Crippen molar-refractivity contribution in [2.24, 2.45) is 7.05 Å². The molecule has 5 aromatic rings. The number of aliphatic hydroxyl groups excluding tert-OH is 1. The van der Waals surface area contributed by atoms with E-state index in [0.717, 1.165) is 71.3 Å². The van der Waals surface area contributed by atoms with Crippen molar-refractivity contribution in [1.82, 2.24) is 34.5 Å². The Morgan fingerprint density at radius 1 is 1.13 bits per heavy atom. The lowest BCUT2D eigenvalue weighted by atomic mass is 9.89. The molecule has 12 heteroatoms. The van der Waals surface area contributed by atoms with E-state index >= 15 is 0 Å². The average Bonchev–Trinajstić information content (AvgIpc) is 3.60. The lowest BCUT2D eigenvalue weighted by Crippen LogP contribution is -2.43. The Labute approximate surface area is 265 Å². The molecule has 0 spiro atoms. The summed E-state index contributed by atoms with van der Waals surface area (Å²) < 4.78 is 9.36. The summed E-state index contributed by atoms with van der Waals surface area (Å²) >= 11 is 6.97. The number of carbonyl (C=O) groups excluding carboxylic acids is 1. The molecule has 3 aromatic heterocycles. The largest absolute Gasteiger partial charge is 0.496 e. The average molecular weight is 627 g/mol. The minimum atomic E-state index is -0.302. The number of aromatic nitrogens is 5. The number of anilines is 1. The van der Waals surface area contributed by atoms with Crippen LogP contribution in [0, 0.1) is 0 Å². The van der Waals surface area contributed by atoms with Crippen LogP contribution in [0.4, 0.5) is 5.69 Å². The number of nitrogens with one attached hydrogen (secondary N) is 2. The molecule has 0 radical (unpaired) electrons. The first-order valence-electron chi connectivity index (χ1n) is 15.1. The summed E-state index contributed by atoms with van der Waals surface area (Å²) in [6.45, 7) is 2.26. The third-order valence-electron chi connectivity index (χ3n) is 8.86. The van der Waals surface area contributed by atoms with Gasteiger partial charge in [0.25, 0.3) is 5.91 Å². The fourth-order valence-electron chi connectivity index (χ4n) is 6.25. The molecule has 2 aromatic carbocycles. The third-order valence-corrected chi connectivity index (χ3v) is 9.27. The van der Waals surface area contributed by atoms with Gasteiger partial charge in [-0.3, -0.25) is 4.79 Å². The molecule has 0 saturated heterocycles. The number of fused-ring (bicyclic) bond motifs is 2. The highest BCUT2D eigenvalue weighted by Crippen LogP contribution is 2.38. The summed E-state index contributed by atoms with van der Waals surface area (Å²) in [6.07, 6.45) is 5.77. The summed E-state index contributed by atoms with van der Waals surface area (Å²) in [5.41, 5.74) is 5.98. The van der Waals surface area contributed by atoms with Crippen molar-refractivity contribution in [2.45, 2.75) is 44.5 Å². The van der Waals surface area contributed by atoms with E-state index in [0.29, 0.717) is 40.7 Å². The zero-order valence-electron chi connectivity index (χ0n) is 25.4. The Morgan fingerprint density at radius 2 is 1.93 bits per heavy atom. The molecule has 0 atom stereocenters. The van der Waals surface area contributed by atoms with Gasteiger partial charge in [-0.1, -0.05) is 35.9 Å². The summed E-state index contributed by atoms with van der Waals surface area (Å²) in [6, 6.07) is 13.7. The van der Waals surface area contributed by atoms with Crippen LogP contribution in [0.3, 0.4) is 0 Å². The zero-order chi connectivity index (χ0) is 31.2. The monoisotopic (exact) mass is 626 g/mol. The standard InChI is InChI=1S/C33H35ClN8O3/c1-40-11-10-28-26(18-40)38-32(41(28)2)33(44)39-25-8-4-7-23(31(25)34)22-6-5-9-27-24(22)17-37-42(27)30-14-29(45-3)19(16-36-30)15-35-20-12-21(43)13-20/h4-9,14,16-17,20-21,35,43H,10-13,15,18H2,1-3H3,(H,39,44). The van der Waals surface area contributed by atoms with Crippen molar-refractivity contribution in [3.8, 4) is 22.7 Å². The molecular weight excluding hydrogens is 592 g/mol. The highest BCUT2D eigenvalue weighted by molar-refractivity contribution is 6.37. The van der Waals surface area contributed by atoms with Gasteiger partial charge in [0.1, 0.15) is 5.75 Å². The summed E-state index contributed by atoms with van der Waals surface area (Å²) in [4.78, 5) is 24.9. The second kappa shape index (κ2) is 11.9. The summed E-state index contributed by atoms with van der Waals surface area (Å²) in [5, 5.41) is 22.0. The van der Waals surface area contributed by atoms with Crippen LogP contribution in [-0.2, 0) is 26.6 Å². The molecule has 7 rings (SSSR count). The van der Waals surface area contributed by atoms with Crippen molar-refractivity contribution in [3.05, 3.63) is 82.7 Å². The Kier molecular flexibility index (Phi) is 7.78. The molecular formula is C33H35ClN8O3. The van der Waals surface area contributed by atoms with E-state index in [-0.39, 0.29) is 12.0 Å². The van der Waals surface area contributed by atoms with Crippen LogP contribution >= 0.6 is 11.6 Å². The number of imidazole rings is 1. The van der Waals surface area contributed by atoms with Crippen LogP contribution in [0.5, 0.6) is 5.75 Å². The van der Waals surface area contributed by atoms with E-state index in [1.165, 1.54) is 0 Å². The number of likely N-dealkylation sites (N-methyl/N-ethyl adjacent to an activating group) is 1. The Hall–Kier alpha value is -4.29. The number of aliphatic hydroxyl groups is 1. The van der Waals surface area contributed by atoms with Crippen molar-refractivity contribution in [2.75, 3.05) is 26.0 Å². The maximum atomic E-state index is 13.4. The van der Waals surface area contributed by atoms with E-state index in [2.05, 4.69) is 32.7 Å². The van der Waals surface area contributed by atoms with Gasteiger partial charge in [0, 0.05) is 73.6 Å². The highest BCUT2D eigenvalue weighted by Gasteiger charge is 2.27. The first kappa shape index (κ1) is 29.4. The molecule has 11 nitrogen and oxygen atoms in total. The Morgan fingerprint density at radius 3 is 2.73 bits per heavy atom. The molecule has 45 heavy (non-hydrogen) atoms. The molecule has 0 bridgehead atoms. The zero-order valence-corrected chi connectivity index (χ0v) is 26.2. The minimum Gasteiger partial charge on any atom is -0.496 e.